The molecule has 0 aliphatic heterocycles. The van der Waals surface area contributed by atoms with Gasteiger partial charge in [-0.05, 0) is 24.3 Å². The van der Waals surface area contributed by atoms with Crippen LogP contribution in [0, 0.1) is 0 Å². The first-order valence-electron chi connectivity index (χ1n) is 6.28. The van der Waals surface area contributed by atoms with Crippen LogP contribution in [0.4, 0.5) is 5.69 Å². The maximum Gasteiger partial charge on any atom is 0.227 e. The van der Waals surface area contributed by atoms with E-state index in [0.717, 1.165) is 14.9 Å². The summed E-state index contributed by atoms with van der Waals surface area (Å²) in [6, 6.07) is 7.56. The summed E-state index contributed by atoms with van der Waals surface area (Å²) < 4.78 is 5.97. The molecule has 8 heteroatoms. The molecule has 3 N–H and O–H groups in total. The SMILES string of the molecule is COC(CN)CC(=O)Nc1ccc(Sc2nncs2)cc1. The van der Waals surface area contributed by atoms with Gasteiger partial charge in [-0.2, -0.15) is 0 Å². The number of aromatic nitrogens is 2. The van der Waals surface area contributed by atoms with Crippen LogP contribution in [0.5, 0.6) is 0 Å². The number of carbonyl (C=O) groups excluding carboxylic acids is 1. The van der Waals surface area contributed by atoms with Gasteiger partial charge in [0.25, 0.3) is 0 Å². The molecule has 2 aromatic rings. The van der Waals surface area contributed by atoms with Crippen molar-refractivity contribution >= 4 is 34.7 Å². The molecule has 112 valence electrons. The Bertz CT molecular complexity index is 556. The number of methoxy groups -OCH3 is 1. The lowest BCUT2D eigenvalue weighted by Crippen LogP contribution is -2.28. The van der Waals surface area contributed by atoms with Crippen LogP contribution in [0.15, 0.2) is 39.0 Å². The van der Waals surface area contributed by atoms with Crippen molar-refractivity contribution in [3.05, 3.63) is 29.8 Å². The van der Waals surface area contributed by atoms with Crippen LogP contribution < -0.4 is 11.1 Å². The van der Waals surface area contributed by atoms with Gasteiger partial charge in [0.15, 0.2) is 4.34 Å². The van der Waals surface area contributed by atoms with E-state index in [9.17, 15) is 4.79 Å². The highest BCUT2D eigenvalue weighted by Gasteiger charge is 2.11. The van der Waals surface area contributed by atoms with Gasteiger partial charge in [-0.1, -0.05) is 23.1 Å². The molecule has 0 saturated heterocycles. The van der Waals surface area contributed by atoms with E-state index < -0.39 is 0 Å². The van der Waals surface area contributed by atoms with Crippen LogP contribution in [-0.2, 0) is 9.53 Å². The number of benzene rings is 1. The minimum Gasteiger partial charge on any atom is -0.380 e. The number of hydrogen-bond acceptors (Lipinski definition) is 7. The number of nitrogens with zero attached hydrogens (tertiary/aromatic N) is 2. The molecule has 1 unspecified atom stereocenters. The zero-order chi connectivity index (χ0) is 15.1. The van der Waals surface area contributed by atoms with Gasteiger partial charge in [0.2, 0.25) is 5.91 Å². The predicted octanol–water partition coefficient (Wildman–Crippen LogP) is 1.99. The molecular weight excluding hydrogens is 308 g/mol. The second kappa shape index (κ2) is 8.08. The van der Waals surface area contributed by atoms with Crippen LogP contribution in [0.2, 0.25) is 0 Å². The van der Waals surface area contributed by atoms with Gasteiger partial charge in [-0.15, -0.1) is 10.2 Å². The number of amides is 1. The van der Waals surface area contributed by atoms with Gasteiger partial charge < -0.3 is 15.8 Å². The average Bonchev–Trinajstić information content (AvgIpc) is 3.00. The number of hydrogen-bond donors (Lipinski definition) is 2. The molecule has 2 rings (SSSR count). The Morgan fingerprint density at radius 1 is 1.48 bits per heavy atom. The van der Waals surface area contributed by atoms with Crippen LogP contribution in [0.25, 0.3) is 0 Å². The monoisotopic (exact) mass is 324 g/mol. The smallest absolute Gasteiger partial charge is 0.227 e. The zero-order valence-corrected chi connectivity index (χ0v) is 13.1. The lowest BCUT2D eigenvalue weighted by molar-refractivity contribution is -0.118. The zero-order valence-electron chi connectivity index (χ0n) is 11.5. The quantitative estimate of drug-likeness (QED) is 0.809. The van der Waals surface area contributed by atoms with Crippen molar-refractivity contribution in [2.75, 3.05) is 19.0 Å². The molecule has 0 aliphatic carbocycles. The highest BCUT2D eigenvalue weighted by atomic mass is 32.2. The summed E-state index contributed by atoms with van der Waals surface area (Å²) in [5, 5.41) is 10.6. The Kier molecular flexibility index (Phi) is 6.12. The highest BCUT2D eigenvalue weighted by molar-refractivity contribution is 8.01. The summed E-state index contributed by atoms with van der Waals surface area (Å²) in [6.45, 7) is 0.321. The molecule has 0 fully saturated rings. The average molecular weight is 324 g/mol. The maximum atomic E-state index is 11.8. The van der Waals surface area contributed by atoms with E-state index >= 15 is 0 Å². The van der Waals surface area contributed by atoms with Crippen molar-refractivity contribution in [3.63, 3.8) is 0 Å². The Labute approximate surface area is 131 Å². The molecule has 21 heavy (non-hydrogen) atoms. The Morgan fingerprint density at radius 2 is 2.24 bits per heavy atom. The molecule has 0 aliphatic rings. The normalized spacial score (nSPS) is 12.1. The summed E-state index contributed by atoms with van der Waals surface area (Å²) in [6.07, 6.45) is -0.00823. The molecule has 1 amide bonds. The van der Waals surface area contributed by atoms with Crippen LogP contribution in [-0.4, -0.2) is 35.9 Å². The van der Waals surface area contributed by atoms with Crippen LogP contribution in [0.1, 0.15) is 6.42 Å². The standard InChI is InChI=1S/C13H16N4O2S2/c1-19-10(7-14)6-12(18)16-9-2-4-11(5-3-9)21-13-17-15-8-20-13/h2-5,8,10H,6-7,14H2,1H3,(H,16,18). The molecule has 0 radical (unpaired) electrons. The van der Waals surface area contributed by atoms with E-state index in [4.69, 9.17) is 10.5 Å². The number of anilines is 1. The third kappa shape index (κ3) is 5.09. The van der Waals surface area contributed by atoms with Gasteiger partial charge in [-0.3, -0.25) is 4.79 Å². The summed E-state index contributed by atoms with van der Waals surface area (Å²) in [7, 11) is 1.55. The van der Waals surface area contributed by atoms with Gasteiger partial charge >= 0.3 is 0 Å². The van der Waals surface area contributed by atoms with Crippen molar-refractivity contribution in [1.82, 2.24) is 10.2 Å². The molecule has 0 saturated carbocycles. The molecule has 1 aromatic carbocycles. The molecule has 1 heterocycles. The van der Waals surface area contributed by atoms with Crippen molar-refractivity contribution < 1.29 is 9.53 Å². The van der Waals surface area contributed by atoms with E-state index in [2.05, 4.69) is 15.5 Å². The molecule has 0 bridgehead atoms. The third-order valence-electron chi connectivity index (χ3n) is 2.69. The molecular formula is C13H16N4O2S2. The number of carbonyl (C=O) groups is 1. The maximum absolute atomic E-state index is 11.8. The predicted molar refractivity (Wildman–Crippen MR) is 83.6 cm³/mol. The van der Waals surface area contributed by atoms with Crippen molar-refractivity contribution in [3.8, 4) is 0 Å². The molecule has 6 nitrogen and oxygen atoms in total. The fourth-order valence-electron chi connectivity index (χ4n) is 1.60. The summed E-state index contributed by atoms with van der Waals surface area (Å²) in [4.78, 5) is 12.9. The van der Waals surface area contributed by atoms with Crippen LogP contribution >= 0.6 is 23.1 Å². The van der Waals surface area contributed by atoms with Crippen LogP contribution in [0.3, 0.4) is 0 Å². The lowest BCUT2D eigenvalue weighted by Gasteiger charge is -2.12. The molecule has 0 spiro atoms. The number of nitrogens with one attached hydrogen (secondary N) is 1. The first-order valence-corrected chi connectivity index (χ1v) is 7.97. The van der Waals surface area contributed by atoms with Gasteiger partial charge in [0.1, 0.15) is 5.51 Å². The second-order valence-electron chi connectivity index (χ2n) is 4.18. The largest absolute Gasteiger partial charge is 0.380 e. The number of ether oxygens (including phenoxy) is 1. The van der Waals surface area contributed by atoms with E-state index in [0.29, 0.717) is 6.54 Å². The highest BCUT2D eigenvalue weighted by Crippen LogP contribution is 2.29. The summed E-state index contributed by atoms with van der Waals surface area (Å²) in [5.41, 5.74) is 7.93. The van der Waals surface area contributed by atoms with Gasteiger partial charge in [-0.25, -0.2) is 0 Å². The first-order chi connectivity index (χ1) is 10.2. The first kappa shape index (κ1) is 15.9. The molecule has 1 aromatic heterocycles. The fourth-order valence-corrected chi connectivity index (χ4v) is 3.05. The van der Waals surface area contributed by atoms with E-state index in [1.165, 1.54) is 23.1 Å². The van der Waals surface area contributed by atoms with Crippen molar-refractivity contribution in [2.45, 2.75) is 21.8 Å². The topological polar surface area (TPSA) is 90.1 Å². The number of rotatable bonds is 7. The minimum atomic E-state index is -0.253. The lowest BCUT2D eigenvalue weighted by atomic mass is 10.2. The Hall–Kier alpha value is -1.48. The van der Waals surface area contributed by atoms with E-state index in [-0.39, 0.29) is 18.4 Å². The van der Waals surface area contributed by atoms with E-state index in [1.807, 2.05) is 24.3 Å². The van der Waals surface area contributed by atoms with Crippen molar-refractivity contribution in [1.29, 1.82) is 0 Å². The fraction of sp³-hybridized carbons (Fsp3) is 0.308. The molecule has 1 atom stereocenters. The summed E-state index contributed by atoms with van der Waals surface area (Å²) >= 11 is 3.03. The van der Waals surface area contributed by atoms with E-state index in [1.54, 1.807) is 12.6 Å². The summed E-state index contributed by atoms with van der Waals surface area (Å²) in [5.74, 6) is -0.114. The Balaban J connectivity index is 1.88. The second-order valence-corrected chi connectivity index (χ2v) is 6.33. The third-order valence-corrected chi connectivity index (χ3v) is 4.48. The Morgan fingerprint density at radius 3 is 2.81 bits per heavy atom. The van der Waals surface area contributed by atoms with Gasteiger partial charge in [0, 0.05) is 24.2 Å². The van der Waals surface area contributed by atoms with Crippen molar-refractivity contribution in [2.24, 2.45) is 5.73 Å². The number of nitrogens with two attached hydrogens (primary N) is 1. The van der Waals surface area contributed by atoms with Gasteiger partial charge in [0.05, 0.1) is 12.5 Å². The minimum absolute atomic E-state index is 0.114.